The number of hydrogen-bond donors (Lipinski definition) is 2. The Morgan fingerprint density at radius 1 is 1.17 bits per heavy atom. The van der Waals surface area contributed by atoms with Gasteiger partial charge in [-0.15, -0.1) is 0 Å². The second-order valence-electron chi connectivity index (χ2n) is 5.31. The fourth-order valence-corrected chi connectivity index (χ4v) is 2.22. The topological polar surface area (TPSA) is 45.7 Å². The van der Waals surface area contributed by atoms with E-state index in [1.807, 2.05) is 19.1 Å². The minimum atomic E-state index is -0.880. The van der Waals surface area contributed by atoms with Crippen LogP contribution < -0.4 is 10.6 Å². The highest BCUT2D eigenvalue weighted by atomic mass is 35.5. The highest BCUT2D eigenvalue weighted by Gasteiger charge is 2.13. The third kappa shape index (κ3) is 5.30. The van der Waals surface area contributed by atoms with Gasteiger partial charge in [-0.2, -0.15) is 0 Å². The largest absolute Gasteiger partial charge is 0.347 e. The van der Waals surface area contributed by atoms with Gasteiger partial charge in [-0.1, -0.05) is 23.7 Å². The Morgan fingerprint density at radius 2 is 1.87 bits per heavy atom. The van der Waals surface area contributed by atoms with Crippen molar-refractivity contribution in [3.8, 4) is 0 Å². The van der Waals surface area contributed by atoms with Crippen LogP contribution >= 0.6 is 11.6 Å². The van der Waals surface area contributed by atoms with Crippen molar-refractivity contribution < 1.29 is 18.9 Å². The van der Waals surface area contributed by atoms with Gasteiger partial charge < -0.3 is 10.6 Å². The Kier molecular flexibility index (Phi) is 6.07. The first kappa shape index (κ1) is 17.4. The van der Waals surface area contributed by atoms with Crippen molar-refractivity contribution in [2.24, 2.45) is 0 Å². The van der Waals surface area contributed by atoms with E-state index in [0.717, 1.165) is 17.7 Å². The molecule has 1 amide bonds. The van der Waals surface area contributed by atoms with E-state index in [4.69, 9.17) is 11.6 Å². The van der Waals surface area contributed by atoms with Crippen molar-refractivity contribution in [2.75, 3.05) is 6.54 Å². The van der Waals surface area contributed by atoms with Gasteiger partial charge in [0.2, 0.25) is 0 Å². The number of carbonyl (C=O) groups excluding carboxylic acids is 1. The quantitative estimate of drug-likeness (QED) is 0.834. The molecule has 0 saturated heterocycles. The summed E-state index contributed by atoms with van der Waals surface area (Å²) < 4.78 is 26.1. The third-order valence-corrected chi connectivity index (χ3v) is 3.78. The van der Waals surface area contributed by atoms with E-state index in [-0.39, 0.29) is 18.5 Å². The van der Waals surface area contributed by atoms with Crippen molar-refractivity contribution in [2.45, 2.75) is 19.5 Å². The van der Waals surface area contributed by atoms with E-state index in [2.05, 4.69) is 5.32 Å². The molecule has 23 heavy (non-hydrogen) atoms. The van der Waals surface area contributed by atoms with Crippen molar-refractivity contribution in [1.29, 1.82) is 0 Å². The molecule has 1 atom stereocenters. The van der Waals surface area contributed by atoms with Crippen LogP contribution in [-0.4, -0.2) is 12.5 Å². The SMILES string of the molecule is C[C@H]([NH2+]CC(=O)NCc1ccc(Cl)cc1)c1ccc(F)c(F)c1. The maximum absolute atomic E-state index is 13.2. The van der Waals surface area contributed by atoms with E-state index in [0.29, 0.717) is 17.1 Å². The Morgan fingerprint density at radius 3 is 2.52 bits per heavy atom. The van der Waals surface area contributed by atoms with Gasteiger partial charge in [0.15, 0.2) is 18.2 Å². The molecule has 2 rings (SSSR count). The second-order valence-corrected chi connectivity index (χ2v) is 5.74. The van der Waals surface area contributed by atoms with Gasteiger partial charge in [-0.05, 0) is 42.8 Å². The van der Waals surface area contributed by atoms with Gasteiger partial charge in [0.25, 0.3) is 5.91 Å². The molecule has 0 bridgehead atoms. The monoisotopic (exact) mass is 339 g/mol. The number of hydrogen-bond acceptors (Lipinski definition) is 1. The molecule has 0 spiro atoms. The molecule has 0 radical (unpaired) electrons. The molecule has 122 valence electrons. The van der Waals surface area contributed by atoms with Crippen LogP contribution in [0.25, 0.3) is 0 Å². The van der Waals surface area contributed by atoms with Crippen LogP contribution in [0.1, 0.15) is 24.1 Å². The van der Waals surface area contributed by atoms with E-state index < -0.39 is 11.6 Å². The van der Waals surface area contributed by atoms with Crippen LogP contribution in [0, 0.1) is 11.6 Å². The molecule has 0 fully saturated rings. The summed E-state index contributed by atoms with van der Waals surface area (Å²) in [6.07, 6.45) is 0. The number of benzene rings is 2. The molecular weight excluding hydrogens is 322 g/mol. The molecular formula is C17H18ClF2N2O+. The first-order valence-corrected chi connectivity index (χ1v) is 7.63. The Balaban J connectivity index is 1.79. The Labute approximate surface area is 138 Å². The molecule has 0 heterocycles. The number of carbonyl (C=O) groups is 1. The number of halogens is 3. The van der Waals surface area contributed by atoms with E-state index >= 15 is 0 Å². The van der Waals surface area contributed by atoms with Gasteiger partial charge in [-0.3, -0.25) is 4.79 Å². The zero-order chi connectivity index (χ0) is 16.8. The highest BCUT2D eigenvalue weighted by Crippen LogP contribution is 2.13. The zero-order valence-electron chi connectivity index (χ0n) is 12.7. The molecule has 0 aliphatic carbocycles. The van der Waals surface area contributed by atoms with Crippen LogP contribution in [0.5, 0.6) is 0 Å². The lowest BCUT2D eigenvalue weighted by Crippen LogP contribution is -2.87. The van der Waals surface area contributed by atoms with Gasteiger partial charge >= 0.3 is 0 Å². The molecule has 2 aromatic carbocycles. The smallest absolute Gasteiger partial charge is 0.275 e. The second kappa shape index (κ2) is 8.04. The van der Waals surface area contributed by atoms with E-state index in [1.165, 1.54) is 6.07 Å². The Hall–Kier alpha value is -1.98. The highest BCUT2D eigenvalue weighted by molar-refractivity contribution is 6.30. The summed E-state index contributed by atoms with van der Waals surface area (Å²) in [7, 11) is 0. The summed E-state index contributed by atoms with van der Waals surface area (Å²) >= 11 is 5.80. The van der Waals surface area contributed by atoms with E-state index in [9.17, 15) is 13.6 Å². The first-order chi connectivity index (χ1) is 11.0. The summed E-state index contributed by atoms with van der Waals surface area (Å²) in [6, 6.07) is 10.8. The normalized spacial score (nSPS) is 12.0. The number of nitrogens with two attached hydrogens (primary N) is 1. The van der Waals surface area contributed by atoms with Gasteiger partial charge in [0.05, 0.1) is 0 Å². The van der Waals surface area contributed by atoms with Gasteiger partial charge in [0, 0.05) is 17.1 Å². The minimum Gasteiger partial charge on any atom is -0.347 e. The van der Waals surface area contributed by atoms with Crippen LogP contribution in [0.15, 0.2) is 42.5 Å². The minimum absolute atomic E-state index is 0.130. The van der Waals surface area contributed by atoms with Crippen LogP contribution in [0.2, 0.25) is 5.02 Å². The summed E-state index contributed by atoms with van der Waals surface area (Å²) in [4.78, 5) is 11.8. The number of nitrogens with one attached hydrogen (secondary N) is 1. The molecule has 0 aromatic heterocycles. The van der Waals surface area contributed by atoms with Crippen molar-refractivity contribution in [1.82, 2.24) is 5.32 Å². The van der Waals surface area contributed by atoms with Crippen molar-refractivity contribution >= 4 is 17.5 Å². The average molecular weight is 340 g/mol. The molecule has 2 aromatic rings. The fourth-order valence-electron chi connectivity index (χ4n) is 2.09. The average Bonchev–Trinajstić information content (AvgIpc) is 2.54. The standard InChI is InChI=1S/C17H17ClF2N2O/c1-11(13-4-7-15(19)16(20)8-13)21-10-17(23)22-9-12-2-5-14(18)6-3-12/h2-8,11,21H,9-10H2,1H3,(H,22,23)/p+1/t11-/m0/s1. The van der Waals surface area contributed by atoms with Crippen molar-refractivity contribution in [3.05, 3.63) is 70.2 Å². The predicted molar refractivity (Wildman–Crippen MR) is 84.9 cm³/mol. The summed E-state index contributed by atoms with van der Waals surface area (Å²) in [5, 5.41) is 5.21. The lowest BCUT2D eigenvalue weighted by atomic mass is 10.1. The zero-order valence-corrected chi connectivity index (χ0v) is 13.4. The molecule has 0 saturated carbocycles. The number of amides is 1. The fraction of sp³-hybridized carbons (Fsp3) is 0.235. The van der Waals surface area contributed by atoms with Gasteiger partial charge in [0.1, 0.15) is 6.04 Å². The van der Waals surface area contributed by atoms with Crippen LogP contribution in [0.4, 0.5) is 8.78 Å². The maximum atomic E-state index is 13.2. The first-order valence-electron chi connectivity index (χ1n) is 7.25. The molecule has 3 N–H and O–H groups in total. The summed E-state index contributed by atoms with van der Waals surface area (Å²) in [6.45, 7) is 2.45. The molecule has 0 unspecified atom stereocenters. The van der Waals surface area contributed by atoms with E-state index in [1.54, 1.807) is 17.4 Å². The van der Waals surface area contributed by atoms with Crippen LogP contribution in [0.3, 0.4) is 0 Å². The maximum Gasteiger partial charge on any atom is 0.275 e. The predicted octanol–water partition coefficient (Wildman–Crippen LogP) is 2.56. The third-order valence-electron chi connectivity index (χ3n) is 3.53. The van der Waals surface area contributed by atoms with Crippen molar-refractivity contribution in [3.63, 3.8) is 0 Å². The number of quaternary nitrogens is 1. The lowest BCUT2D eigenvalue weighted by molar-refractivity contribution is -0.682. The number of rotatable bonds is 6. The lowest BCUT2D eigenvalue weighted by Gasteiger charge is -2.11. The molecule has 0 aliphatic heterocycles. The molecule has 0 aliphatic rings. The summed E-state index contributed by atoms with van der Waals surface area (Å²) in [5.74, 6) is -1.88. The summed E-state index contributed by atoms with van der Waals surface area (Å²) in [5.41, 5.74) is 1.59. The molecule has 3 nitrogen and oxygen atoms in total. The Bertz CT molecular complexity index is 677. The van der Waals surface area contributed by atoms with Crippen LogP contribution in [-0.2, 0) is 11.3 Å². The molecule has 6 heteroatoms. The van der Waals surface area contributed by atoms with Gasteiger partial charge in [-0.25, -0.2) is 8.78 Å².